The van der Waals surface area contributed by atoms with Crippen LogP contribution in [0.1, 0.15) is 29.5 Å². The van der Waals surface area contributed by atoms with Gasteiger partial charge in [-0.2, -0.15) is 0 Å². The van der Waals surface area contributed by atoms with Crippen molar-refractivity contribution in [2.45, 2.75) is 12.8 Å². The summed E-state index contributed by atoms with van der Waals surface area (Å²) in [5.74, 6) is -0.111. The maximum Gasteiger partial charge on any atom is 0.131 e. The topological polar surface area (TPSA) is 0 Å². The van der Waals surface area contributed by atoms with E-state index in [2.05, 4.69) is 37.3 Å². The molecule has 4 aromatic rings. The molecule has 0 radical (unpaired) electrons. The SMILES string of the molecule is C[C@H](C=C(c1ccccc1)c1ccccc1)c1ccc(-c2ccccc2)c(F)c1. The molecule has 0 saturated carbocycles. The first-order chi connectivity index (χ1) is 14.2. The Balaban J connectivity index is 1.71. The molecule has 0 heterocycles. The minimum Gasteiger partial charge on any atom is -0.206 e. The number of halogens is 1. The number of rotatable bonds is 5. The Hall–Kier alpha value is -3.45. The Kier molecular flexibility index (Phi) is 5.67. The zero-order valence-corrected chi connectivity index (χ0v) is 16.4. The summed E-state index contributed by atoms with van der Waals surface area (Å²) in [6.07, 6.45) is 2.22. The maximum absolute atomic E-state index is 14.9. The van der Waals surface area contributed by atoms with Gasteiger partial charge in [0.25, 0.3) is 0 Å². The van der Waals surface area contributed by atoms with Crippen molar-refractivity contribution in [2.75, 3.05) is 0 Å². The summed E-state index contributed by atoms with van der Waals surface area (Å²) in [5, 5.41) is 0. The molecule has 0 bridgehead atoms. The van der Waals surface area contributed by atoms with Crippen LogP contribution in [0, 0.1) is 5.82 Å². The van der Waals surface area contributed by atoms with Crippen molar-refractivity contribution in [1.29, 1.82) is 0 Å². The molecule has 0 aliphatic heterocycles. The Morgan fingerprint density at radius 1 is 0.690 bits per heavy atom. The highest BCUT2D eigenvalue weighted by atomic mass is 19.1. The smallest absolute Gasteiger partial charge is 0.131 e. The molecule has 1 atom stereocenters. The van der Waals surface area contributed by atoms with Crippen molar-refractivity contribution in [2.24, 2.45) is 0 Å². The van der Waals surface area contributed by atoms with Gasteiger partial charge in [-0.3, -0.25) is 0 Å². The third-order valence-corrected chi connectivity index (χ3v) is 5.19. The molecule has 0 aliphatic rings. The third kappa shape index (κ3) is 4.35. The maximum atomic E-state index is 14.9. The summed E-state index contributed by atoms with van der Waals surface area (Å²) in [7, 11) is 0. The van der Waals surface area contributed by atoms with Crippen LogP contribution in [0.2, 0.25) is 0 Å². The molecular weight excluding hydrogens is 355 g/mol. The average molecular weight is 378 g/mol. The molecule has 0 saturated heterocycles. The molecule has 0 aromatic heterocycles. The van der Waals surface area contributed by atoms with Gasteiger partial charge < -0.3 is 0 Å². The number of allylic oxidation sites excluding steroid dienone is 1. The predicted octanol–water partition coefficient (Wildman–Crippen LogP) is 7.73. The summed E-state index contributed by atoms with van der Waals surface area (Å²) in [6, 6.07) is 35.9. The van der Waals surface area contributed by atoms with E-state index in [4.69, 9.17) is 0 Å². The fourth-order valence-corrected chi connectivity index (χ4v) is 3.61. The van der Waals surface area contributed by atoms with Crippen molar-refractivity contribution in [3.05, 3.63) is 138 Å². The highest BCUT2D eigenvalue weighted by molar-refractivity contribution is 5.80. The van der Waals surface area contributed by atoms with Crippen LogP contribution in [0.3, 0.4) is 0 Å². The lowest BCUT2D eigenvalue weighted by atomic mass is 9.90. The quantitative estimate of drug-likeness (QED) is 0.333. The minimum absolute atomic E-state index is 0.0738. The fraction of sp³-hybridized carbons (Fsp3) is 0.0714. The van der Waals surface area contributed by atoms with E-state index in [9.17, 15) is 4.39 Å². The van der Waals surface area contributed by atoms with Crippen LogP contribution in [-0.2, 0) is 0 Å². The van der Waals surface area contributed by atoms with E-state index in [1.807, 2.05) is 78.9 Å². The summed E-state index contributed by atoms with van der Waals surface area (Å²) in [5.41, 5.74) is 5.97. The summed E-state index contributed by atoms with van der Waals surface area (Å²) < 4.78 is 14.9. The van der Waals surface area contributed by atoms with Crippen LogP contribution in [0.5, 0.6) is 0 Å². The first-order valence-corrected chi connectivity index (χ1v) is 9.90. The summed E-state index contributed by atoms with van der Waals surface area (Å²) in [4.78, 5) is 0. The zero-order valence-electron chi connectivity index (χ0n) is 16.4. The van der Waals surface area contributed by atoms with Crippen molar-refractivity contribution < 1.29 is 4.39 Å². The van der Waals surface area contributed by atoms with E-state index in [0.29, 0.717) is 5.56 Å². The van der Waals surface area contributed by atoms with E-state index >= 15 is 0 Å². The molecule has 1 heteroatoms. The second kappa shape index (κ2) is 8.70. The molecule has 0 unspecified atom stereocenters. The Labute approximate surface area is 172 Å². The first kappa shape index (κ1) is 18.9. The molecular formula is C28H23F. The predicted molar refractivity (Wildman–Crippen MR) is 120 cm³/mol. The van der Waals surface area contributed by atoms with Gasteiger partial charge in [0.2, 0.25) is 0 Å². The number of benzene rings is 4. The number of hydrogen-bond acceptors (Lipinski definition) is 0. The summed E-state index contributed by atoms with van der Waals surface area (Å²) >= 11 is 0. The molecule has 4 rings (SSSR count). The van der Waals surface area contributed by atoms with Crippen molar-refractivity contribution >= 4 is 5.57 Å². The second-order valence-electron chi connectivity index (χ2n) is 7.21. The van der Waals surface area contributed by atoms with Crippen LogP contribution in [-0.4, -0.2) is 0 Å². The van der Waals surface area contributed by atoms with Crippen molar-refractivity contribution in [3.8, 4) is 11.1 Å². The lowest BCUT2D eigenvalue weighted by Crippen LogP contribution is -1.96. The molecule has 0 N–H and O–H groups in total. The largest absolute Gasteiger partial charge is 0.206 e. The molecule has 0 spiro atoms. The van der Waals surface area contributed by atoms with Gasteiger partial charge in [0.15, 0.2) is 0 Å². The van der Waals surface area contributed by atoms with Crippen molar-refractivity contribution in [3.63, 3.8) is 0 Å². The van der Waals surface area contributed by atoms with Crippen LogP contribution in [0.25, 0.3) is 16.7 Å². The van der Waals surface area contributed by atoms with Crippen LogP contribution in [0.4, 0.5) is 4.39 Å². The fourth-order valence-electron chi connectivity index (χ4n) is 3.61. The van der Waals surface area contributed by atoms with Gasteiger partial charge >= 0.3 is 0 Å². The Morgan fingerprint density at radius 3 is 1.72 bits per heavy atom. The molecule has 29 heavy (non-hydrogen) atoms. The lowest BCUT2D eigenvalue weighted by molar-refractivity contribution is 0.628. The van der Waals surface area contributed by atoms with Gasteiger partial charge in [-0.1, -0.05) is 116 Å². The monoisotopic (exact) mass is 378 g/mol. The van der Waals surface area contributed by atoms with E-state index in [0.717, 1.165) is 27.8 Å². The van der Waals surface area contributed by atoms with Gasteiger partial charge in [-0.25, -0.2) is 4.39 Å². The van der Waals surface area contributed by atoms with Gasteiger partial charge in [-0.15, -0.1) is 0 Å². The highest BCUT2D eigenvalue weighted by Gasteiger charge is 2.12. The van der Waals surface area contributed by atoms with E-state index < -0.39 is 0 Å². The van der Waals surface area contributed by atoms with Crippen LogP contribution in [0.15, 0.2) is 115 Å². The first-order valence-electron chi connectivity index (χ1n) is 9.90. The molecule has 0 fully saturated rings. The van der Waals surface area contributed by atoms with Crippen molar-refractivity contribution in [1.82, 2.24) is 0 Å². The Bertz CT molecular complexity index is 1060. The molecule has 4 aromatic carbocycles. The second-order valence-corrected chi connectivity index (χ2v) is 7.21. The zero-order chi connectivity index (χ0) is 20.1. The van der Waals surface area contributed by atoms with E-state index in [-0.39, 0.29) is 11.7 Å². The highest BCUT2D eigenvalue weighted by Crippen LogP contribution is 2.31. The third-order valence-electron chi connectivity index (χ3n) is 5.19. The normalized spacial score (nSPS) is 11.7. The van der Waals surface area contributed by atoms with Crippen LogP contribution < -0.4 is 0 Å². The molecule has 0 amide bonds. The van der Waals surface area contributed by atoms with Gasteiger partial charge in [0.05, 0.1) is 0 Å². The minimum atomic E-state index is -0.185. The van der Waals surface area contributed by atoms with Gasteiger partial charge in [0.1, 0.15) is 5.82 Å². The molecule has 0 aliphatic carbocycles. The Morgan fingerprint density at radius 2 is 1.21 bits per heavy atom. The van der Waals surface area contributed by atoms with Gasteiger partial charge in [-0.05, 0) is 33.9 Å². The standard InChI is InChI=1S/C28H23F/c1-21(25-17-18-26(28(29)20-25)22-11-5-2-6-12-22)19-27(23-13-7-3-8-14-23)24-15-9-4-10-16-24/h2-21H,1H3/t21-/m1/s1. The van der Waals surface area contributed by atoms with E-state index in [1.54, 1.807) is 6.07 Å². The van der Waals surface area contributed by atoms with E-state index in [1.165, 1.54) is 0 Å². The lowest BCUT2D eigenvalue weighted by Gasteiger charge is -2.14. The van der Waals surface area contributed by atoms with Gasteiger partial charge in [0, 0.05) is 11.5 Å². The molecule has 142 valence electrons. The van der Waals surface area contributed by atoms with Crippen LogP contribution >= 0.6 is 0 Å². The molecule has 0 nitrogen and oxygen atoms in total. The average Bonchev–Trinajstić information content (AvgIpc) is 2.79. The number of hydrogen-bond donors (Lipinski definition) is 0. The summed E-state index contributed by atoms with van der Waals surface area (Å²) in [6.45, 7) is 2.11.